The van der Waals surface area contributed by atoms with Gasteiger partial charge < -0.3 is 20.6 Å². The summed E-state index contributed by atoms with van der Waals surface area (Å²) in [6.45, 7) is 11.4. The van der Waals surface area contributed by atoms with E-state index in [0.29, 0.717) is 0 Å². The Bertz CT molecular complexity index is 821. The standard InChI is InChI=1S/C28H47N3O4/c1-16(2)21(9-17(3)26(34)35)31(8)25(33)23(27(4,5)6)30-24(32)22(29-7)28-13-18-10-19(14-28)12-20(11-18)15-28/h9,16,18-23,29H,10-15H2,1-8H3,(H,30,32)(H,34,35)/t18?,19?,20?,21-,22+,23-,28?/m1/s1. The summed E-state index contributed by atoms with van der Waals surface area (Å²) in [6.07, 6.45) is 8.86. The molecule has 7 heteroatoms. The van der Waals surface area contributed by atoms with Crippen molar-refractivity contribution < 1.29 is 19.5 Å². The van der Waals surface area contributed by atoms with Crippen LogP contribution < -0.4 is 10.6 Å². The fourth-order valence-corrected chi connectivity index (χ4v) is 7.55. The number of likely N-dealkylation sites (N-methyl/N-ethyl adjacent to an activating group) is 2. The number of carbonyl (C=O) groups is 3. The summed E-state index contributed by atoms with van der Waals surface area (Å²) in [4.78, 5) is 40.6. The number of carboxylic acid groups (broad SMARTS) is 1. The highest BCUT2D eigenvalue weighted by molar-refractivity contribution is 5.91. The summed E-state index contributed by atoms with van der Waals surface area (Å²) in [5, 5.41) is 15.9. The summed E-state index contributed by atoms with van der Waals surface area (Å²) in [5.74, 6) is 0.927. The molecule has 0 saturated heterocycles. The van der Waals surface area contributed by atoms with Gasteiger partial charge in [0.05, 0.1) is 12.1 Å². The van der Waals surface area contributed by atoms with E-state index in [1.807, 2.05) is 41.7 Å². The van der Waals surface area contributed by atoms with Gasteiger partial charge in [-0.1, -0.05) is 40.7 Å². The number of carbonyl (C=O) groups excluding carboxylic acids is 2. The van der Waals surface area contributed by atoms with Gasteiger partial charge in [-0.3, -0.25) is 9.59 Å². The van der Waals surface area contributed by atoms with Crippen LogP contribution in [0.15, 0.2) is 11.6 Å². The van der Waals surface area contributed by atoms with E-state index >= 15 is 0 Å². The van der Waals surface area contributed by atoms with Gasteiger partial charge in [0.15, 0.2) is 0 Å². The van der Waals surface area contributed by atoms with Crippen molar-refractivity contribution in [2.24, 2.45) is 34.5 Å². The van der Waals surface area contributed by atoms with Crippen LogP contribution in [0.4, 0.5) is 0 Å². The smallest absolute Gasteiger partial charge is 0.331 e. The zero-order chi connectivity index (χ0) is 26.3. The molecule has 35 heavy (non-hydrogen) atoms. The Morgan fingerprint density at radius 2 is 1.51 bits per heavy atom. The Hall–Kier alpha value is -1.89. The molecular weight excluding hydrogens is 442 g/mol. The average Bonchev–Trinajstić information content (AvgIpc) is 2.72. The number of rotatable bonds is 9. The quantitative estimate of drug-likeness (QED) is 0.428. The number of nitrogens with zero attached hydrogens (tertiary/aromatic N) is 1. The minimum absolute atomic E-state index is 0.0200. The molecule has 2 amide bonds. The van der Waals surface area contributed by atoms with Gasteiger partial charge in [-0.25, -0.2) is 4.79 Å². The molecule has 0 aromatic heterocycles. The monoisotopic (exact) mass is 489 g/mol. The SMILES string of the molecule is CN[C@@H](C(=O)N[C@H](C(=O)N(C)[C@H](C=C(C)C(=O)O)C(C)C)C(C)(C)C)C12CC3CC(CC(C3)C1)C2. The zero-order valence-corrected chi connectivity index (χ0v) is 23.0. The van der Waals surface area contributed by atoms with Crippen LogP contribution >= 0.6 is 0 Å². The lowest BCUT2D eigenvalue weighted by Crippen LogP contribution is -2.64. The first-order valence-corrected chi connectivity index (χ1v) is 13.3. The molecule has 4 bridgehead atoms. The summed E-state index contributed by atoms with van der Waals surface area (Å²) in [5.41, 5.74) is -0.322. The van der Waals surface area contributed by atoms with Crippen LogP contribution in [0.25, 0.3) is 0 Å². The Labute approximate surface area is 211 Å². The predicted molar refractivity (Wildman–Crippen MR) is 138 cm³/mol. The van der Waals surface area contributed by atoms with Gasteiger partial charge in [0.1, 0.15) is 6.04 Å². The van der Waals surface area contributed by atoms with Gasteiger partial charge in [0.25, 0.3) is 0 Å². The molecule has 4 aliphatic rings. The third kappa shape index (κ3) is 5.76. The molecule has 3 N–H and O–H groups in total. The highest BCUT2D eigenvalue weighted by Gasteiger charge is 2.56. The van der Waals surface area contributed by atoms with Crippen molar-refractivity contribution in [3.8, 4) is 0 Å². The lowest BCUT2D eigenvalue weighted by molar-refractivity contribution is -0.144. The van der Waals surface area contributed by atoms with Crippen LogP contribution in [0.5, 0.6) is 0 Å². The third-order valence-electron chi connectivity index (χ3n) is 8.88. The van der Waals surface area contributed by atoms with E-state index in [4.69, 9.17) is 0 Å². The zero-order valence-electron chi connectivity index (χ0n) is 23.0. The van der Waals surface area contributed by atoms with E-state index in [1.165, 1.54) is 19.3 Å². The van der Waals surface area contributed by atoms with Crippen molar-refractivity contribution in [2.75, 3.05) is 14.1 Å². The third-order valence-corrected chi connectivity index (χ3v) is 8.88. The molecule has 198 valence electrons. The molecule has 4 rings (SSSR count). The van der Waals surface area contributed by atoms with E-state index in [1.54, 1.807) is 24.9 Å². The van der Waals surface area contributed by atoms with E-state index in [-0.39, 0.29) is 40.8 Å². The second kappa shape index (κ2) is 10.2. The van der Waals surface area contributed by atoms with Gasteiger partial charge in [-0.05, 0) is 87.0 Å². The van der Waals surface area contributed by atoms with Crippen LogP contribution in [0, 0.1) is 34.5 Å². The molecule has 7 nitrogen and oxygen atoms in total. The molecule has 0 heterocycles. The van der Waals surface area contributed by atoms with Crippen molar-refractivity contribution in [2.45, 2.75) is 98.2 Å². The number of hydrogen-bond acceptors (Lipinski definition) is 4. The molecule has 0 spiro atoms. The first kappa shape index (κ1) is 27.7. The number of aliphatic carboxylic acids is 1. The lowest BCUT2D eigenvalue weighted by atomic mass is 9.47. The molecule has 0 aliphatic heterocycles. The molecule has 0 aromatic carbocycles. The van der Waals surface area contributed by atoms with Crippen LogP contribution in [0.3, 0.4) is 0 Å². The number of nitrogens with one attached hydrogen (secondary N) is 2. The van der Waals surface area contributed by atoms with Gasteiger partial charge >= 0.3 is 5.97 Å². The Morgan fingerprint density at radius 1 is 1.03 bits per heavy atom. The predicted octanol–water partition coefficient (Wildman–Crippen LogP) is 3.84. The van der Waals surface area contributed by atoms with Crippen LogP contribution in [0.1, 0.15) is 80.1 Å². The summed E-state index contributed by atoms with van der Waals surface area (Å²) >= 11 is 0. The lowest BCUT2D eigenvalue weighted by Gasteiger charge is -2.59. The molecule has 3 atom stereocenters. The maximum Gasteiger partial charge on any atom is 0.331 e. The minimum atomic E-state index is -0.996. The summed E-state index contributed by atoms with van der Waals surface area (Å²) in [7, 11) is 3.58. The molecule has 4 aliphatic carbocycles. The molecule has 0 radical (unpaired) electrons. The second-order valence-electron chi connectivity index (χ2n) is 13.1. The topological polar surface area (TPSA) is 98.7 Å². The molecule has 4 saturated carbocycles. The molecule has 0 unspecified atom stereocenters. The number of hydrogen-bond donors (Lipinski definition) is 3. The highest BCUT2D eigenvalue weighted by Crippen LogP contribution is 2.61. The Morgan fingerprint density at radius 3 is 1.89 bits per heavy atom. The Kier molecular flexibility index (Phi) is 8.10. The summed E-state index contributed by atoms with van der Waals surface area (Å²) < 4.78 is 0. The fourth-order valence-electron chi connectivity index (χ4n) is 7.55. The second-order valence-corrected chi connectivity index (χ2v) is 13.1. The summed E-state index contributed by atoms with van der Waals surface area (Å²) in [6, 6.07) is -1.41. The number of carboxylic acids is 1. The minimum Gasteiger partial charge on any atom is -0.478 e. The highest BCUT2D eigenvalue weighted by atomic mass is 16.4. The van der Waals surface area contributed by atoms with E-state index in [2.05, 4.69) is 10.6 Å². The van der Waals surface area contributed by atoms with Gasteiger partial charge in [0, 0.05) is 12.6 Å². The largest absolute Gasteiger partial charge is 0.478 e. The first-order valence-electron chi connectivity index (χ1n) is 13.3. The Balaban J connectivity index is 1.83. The first-order chi connectivity index (χ1) is 16.2. The van der Waals surface area contributed by atoms with Crippen LogP contribution in [-0.2, 0) is 14.4 Å². The average molecular weight is 490 g/mol. The van der Waals surface area contributed by atoms with Crippen molar-refractivity contribution in [3.63, 3.8) is 0 Å². The molecular formula is C28H47N3O4. The fraction of sp³-hybridized carbons (Fsp3) is 0.821. The normalized spacial score (nSPS) is 30.7. The van der Waals surface area contributed by atoms with Crippen molar-refractivity contribution in [3.05, 3.63) is 11.6 Å². The molecule has 4 fully saturated rings. The van der Waals surface area contributed by atoms with Gasteiger partial charge in [-0.15, -0.1) is 0 Å². The van der Waals surface area contributed by atoms with Crippen molar-refractivity contribution in [1.29, 1.82) is 0 Å². The van der Waals surface area contributed by atoms with Gasteiger partial charge in [0.2, 0.25) is 11.8 Å². The van der Waals surface area contributed by atoms with Crippen molar-refractivity contribution in [1.82, 2.24) is 15.5 Å². The van der Waals surface area contributed by atoms with E-state index < -0.39 is 17.4 Å². The molecule has 0 aromatic rings. The number of amides is 2. The maximum absolute atomic E-state index is 13.8. The van der Waals surface area contributed by atoms with Crippen LogP contribution in [0.2, 0.25) is 0 Å². The van der Waals surface area contributed by atoms with Crippen molar-refractivity contribution >= 4 is 17.8 Å². The maximum atomic E-state index is 13.8. The van der Waals surface area contributed by atoms with E-state index in [9.17, 15) is 19.5 Å². The van der Waals surface area contributed by atoms with E-state index in [0.717, 1.165) is 37.0 Å². The van der Waals surface area contributed by atoms with Crippen LogP contribution in [-0.4, -0.2) is 60.0 Å². The van der Waals surface area contributed by atoms with Gasteiger partial charge in [-0.2, -0.15) is 0 Å².